The molecule has 0 heterocycles. The molecule has 118 valence electrons. The van der Waals surface area contributed by atoms with Crippen LogP contribution < -0.4 is 11.1 Å². The Morgan fingerprint density at radius 1 is 1.35 bits per heavy atom. The lowest BCUT2D eigenvalue weighted by molar-refractivity contribution is -0.121. The molecular weight excluding hydrogens is 248 g/mol. The van der Waals surface area contributed by atoms with E-state index in [-0.39, 0.29) is 5.91 Å². The standard InChI is InChI=1S/C17H34N2O/c1-3-5-7-14(4-2)13-19-17(20)11-10-15-8-6-9-16(18)12-15/h14-16H,3-13,18H2,1-2H3,(H,19,20). The zero-order valence-electron chi connectivity index (χ0n) is 13.5. The van der Waals surface area contributed by atoms with Crippen LogP contribution in [-0.4, -0.2) is 18.5 Å². The van der Waals surface area contributed by atoms with E-state index in [9.17, 15) is 4.79 Å². The number of carbonyl (C=O) groups excluding carboxylic acids is 1. The second-order valence-corrected chi connectivity index (χ2v) is 6.55. The first-order chi connectivity index (χ1) is 9.65. The molecule has 0 bridgehead atoms. The van der Waals surface area contributed by atoms with Gasteiger partial charge in [-0.25, -0.2) is 0 Å². The molecule has 3 atom stereocenters. The normalized spacial score (nSPS) is 24.4. The number of hydrogen-bond donors (Lipinski definition) is 2. The van der Waals surface area contributed by atoms with E-state index in [2.05, 4.69) is 19.2 Å². The van der Waals surface area contributed by atoms with Crippen molar-refractivity contribution < 1.29 is 4.79 Å². The van der Waals surface area contributed by atoms with E-state index in [1.54, 1.807) is 0 Å². The summed E-state index contributed by atoms with van der Waals surface area (Å²) in [7, 11) is 0. The summed E-state index contributed by atoms with van der Waals surface area (Å²) in [6.45, 7) is 5.30. The van der Waals surface area contributed by atoms with E-state index >= 15 is 0 Å². The first kappa shape index (κ1) is 17.5. The fraction of sp³-hybridized carbons (Fsp3) is 0.941. The van der Waals surface area contributed by atoms with Crippen molar-refractivity contribution in [2.24, 2.45) is 17.6 Å². The maximum Gasteiger partial charge on any atom is 0.220 e. The minimum atomic E-state index is 0.235. The topological polar surface area (TPSA) is 55.1 Å². The molecule has 3 N–H and O–H groups in total. The summed E-state index contributed by atoms with van der Waals surface area (Å²) < 4.78 is 0. The van der Waals surface area contributed by atoms with Gasteiger partial charge in [-0.2, -0.15) is 0 Å². The van der Waals surface area contributed by atoms with Crippen LogP contribution in [0.25, 0.3) is 0 Å². The van der Waals surface area contributed by atoms with Gasteiger partial charge in [-0.1, -0.05) is 46.0 Å². The molecule has 0 aromatic heterocycles. The number of carbonyl (C=O) groups is 1. The number of nitrogens with one attached hydrogen (secondary N) is 1. The molecule has 1 aliphatic rings. The summed E-state index contributed by atoms with van der Waals surface area (Å²) >= 11 is 0. The summed E-state index contributed by atoms with van der Waals surface area (Å²) in [4.78, 5) is 11.9. The molecule has 3 nitrogen and oxygen atoms in total. The predicted molar refractivity (Wildman–Crippen MR) is 85.5 cm³/mol. The SMILES string of the molecule is CCCCC(CC)CNC(=O)CCC1CCCC(N)C1. The highest BCUT2D eigenvalue weighted by atomic mass is 16.1. The number of amides is 1. The van der Waals surface area contributed by atoms with Crippen LogP contribution in [0.3, 0.4) is 0 Å². The largest absolute Gasteiger partial charge is 0.356 e. The highest BCUT2D eigenvalue weighted by Gasteiger charge is 2.19. The Morgan fingerprint density at radius 3 is 2.80 bits per heavy atom. The van der Waals surface area contributed by atoms with Gasteiger partial charge in [0.25, 0.3) is 0 Å². The molecule has 1 amide bonds. The summed E-state index contributed by atoms with van der Waals surface area (Å²) in [5.41, 5.74) is 5.99. The molecule has 1 saturated carbocycles. The summed E-state index contributed by atoms with van der Waals surface area (Å²) in [6.07, 6.45) is 11.4. The quantitative estimate of drug-likeness (QED) is 0.678. The Hall–Kier alpha value is -0.570. The van der Waals surface area contributed by atoms with Gasteiger partial charge in [-0.15, -0.1) is 0 Å². The molecule has 1 rings (SSSR count). The molecule has 0 aliphatic heterocycles. The van der Waals surface area contributed by atoms with Crippen LogP contribution in [0.1, 0.15) is 78.1 Å². The maximum atomic E-state index is 11.9. The minimum absolute atomic E-state index is 0.235. The second-order valence-electron chi connectivity index (χ2n) is 6.55. The monoisotopic (exact) mass is 282 g/mol. The lowest BCUT2D eigenvalue weighted by Crippen LogP contribution is -2.31. The molecule has 3 heteroatoms. The molecule has 0 aromatic rings. The lowest BCUT2D eigenvalue weighted by Gasteiger charge is -2.26. The van der Waals surface area contributed by atoms with Gasteiger partial charge in [0, 0.05) is 19.0 Å². The van der Waals surface area contributed by atoms with E-state index in [0.29, 0.717) is 24.3 Å². The molecule has 0 saturated heterocycles. The lowest BCUT2D eigenvalue weighted by atomic mass is 9.83. The molecular formula is C17H34N2O. The Labute approximate surface area is 125 Å². The van der Waals surface area contributed by atoms with E-state index in [1.807, 2.05) is 0 Å². The van der Waals surface area contributed by atoms with Gasteiger partial charge in [0.05, 0.1) is 0 Å². The summed E-state index contributed by atoms with van der Waals surface area (Å²) in [5.74, 6) is 1.56. The van der Waals surface area contributed by atoms with Crippen LogP contribution in [0.2, 0.25) is 0 Å². The van der Waals surface area contributed by atoms with E-state index in [4.69, 9.17) is 5.73 Å². The van der Waals surface area contributed by atoms with Crippen molar-refractivity contribution >= 4 is 5.91 Å². The number of rotatable bonds is 9. The zero-order chi connectivity index (χ0) is 14.8. The van der Waals surface area contributed by atoms with Gasteiger partial charge in [0.2, 0.25) is 5.91 Å². The zero-order valence-corrected chi connectivity index (χ0v) is 13.5. The molecule has 3 unspecified atom stereocenters. The third-order valence-corrected chi connectivity index (χ3v) is 4.73. The van der Waals surface area contributed by atoms with Gasteiger partial charge >= 0.3 is 0 Å². The molecule has 0 aromatic carbocycles. The third kappa shape index (κ3) is 7.28. The van der Waals surface area contributed by atoms with Gasteiger partial charge in [-0.3, -0.25) is 4.79 Å². The van der Waals surface area contributed by atoms with Crippen molar-refractivity contribution in [2.45, 2.75) is 84.1 Å². The van der Waals surface area contributed by atoms with Crippen LogP contribution in [0.15, 0.2) is 0 Å². The van der Waals surface area contributed by atoms with Gasteiger partial charge in [-0.05, 0) is 37.5 Å². The summed E-state index contributed by atoms with van der Waals surface area (Å²) in [5, 5.41) is 3.12. The van der Waals surface area contributed by atoms with E-state index in [1.165, 1.54) is 32.1 Å². The van der Waals surface area contributed by atoms with Crippen LogP contribution in [0.4, 0.5) is 0 Å². The Kier molecular flexibility index (Phi) is 8.92. The van der Waals surface area contributed by atoms with Crippen molar-refractivity contribution in [3.05, 3.63) is 0 Å². The first-order valence-electron chi connectivity index (χ1n) is 8.67. The number of unbranched alkanes of at least 4 members (excludes halogenated alkanes) is 1. The van der Waals surface area contributed by atoms with Crippen molar-refractivity contribution in [3.8, 4) is 0 Å². The highest BCUT2D eigenvalue weighted by molar-refractivity contribution is 5.75. The van der Waals surface area contributed by atoms with Crippen LogP contribution in [-0.2, 0) is 4.79 Å². The molecule has 1 aliphatic carbocycles. The Bertz CT molecular complexity index is 268. The fourth-order valence-electron chi connectivity index (χ4n) is 3.22. The molecule has 1 fully saturated rings. The predicted octanol–water partition coefficient (Wildman–Crippen LogP) is 3.62. The van der Waals surface area contributed by atoms with Crippen LogP contribution in [0.5, 0.6) is 0 Å². The van der Waals surface area contributed by atoms with Crippen molar-refractivity contribution in [2.75, 3.05) is 6.54 Å². The number of nitrogens with two attached hydrogens (primary N) is 1. The molecule has 20 heavy (non-hydrogen) atoms. The van der Waals surface area contributed by atoms with Crippen molar-refractivity contribution in [3.63, 3.8) is 0 Å². The van der Waals surface area contributed by atoms with E-state index in [0.717, 1.165) is 32.2 Å². The average molecular weight is 282 g/mol. The smallest absolute Gasteiger partial charge is 0.220 e. The van der Waals surface area contributed by atoms with E-state index < -0.39 is 0 Å². The number of hydrogen-bond acceptors (Lipinski definition) is 2. The van der Waals surface area contributed by atoms with Crippen LogP contribution in [0, 0.1) is 11.8 Å². The second kappa shape index (κ2) is 10.2. The maximum absolute atomic E-state index is 11.9. The summed E-state index contributed by atoms with van der Waals surface area (Å²) in [6, 6.07) is 0.371. The molecule has 0 spiro atoms. The minimum Gasteiger partial charge on any atom is -0.356 e. The fourth-order valence-corrected chi connectivity index (χ4v) is 3.22. The van der Waals surface area contributed by atoms with Gasteiger partial charge in [0.15, 0.2) is 0 Å². The Morgan fingerprint density at radius 2 is 2.15 bits per heavy atom. The first-order valence-corrected chi connectivity index (χ1v) is 8.67. The van der Waals surface area contributed by atoms with Gasteiger partial charge < -0.3 is 11.1 Å². The van der Waals surface area contributed by atoms with Gasteiger partial charge in [0.1, 0.15) is 0 Å². The highest BCUT2D eigenvalue weighted by Crippen LogP contribution is 2.26. The van der Waals surface area contributed by atoms with Crippen molar-refractivity contribution in [1.29, 1.82) is 0 Å². The third-order valence-electron chi connectivity index (χ3n) is 4.73. The molecule has 0 radical (unpaired) electrons. The van der Waals surface area contributed by atoms with Crippen LogP contribution >= 0.6 is 0 Å². The average Bonchev–Trinajstić information content (AvgIpc) is 2.45. The van der Waals surface area contributed by atoms with Crippen molar-refractivity contribution in [1.82, 2.24) is 5.32 Å². The Balaban J connectivity index is 2.12.